The minimum Gasteiger partial charge on any atom is -0.370 e. The highest BCUT2D eigenvalue weighted by Crippen LogP contribution is 2.38. The number of piperidine rings is 1. The van der Waals surface area contributed by atoms with Gasteiger partial charge in [0.2, 0.25) is 5.91 Å². The molecule has 1 heterocycles. The standard InChI is InChI=1S/C17H22ClN3O/c18-15-6-2-1-5-14(15)17(13-19)8-11-21(12-9-17)10-4-3-7-16(20)22/h1-2,5-6H,3-4,7-12H2,(H2,20,22). The molecule has 2 N–H and O–H groups in total. The molecule has 1 amide bonds. The molecule has 2 rings (SSSR count). The number of rotatable bonds is 6. The molecule has 0 radical (unpaired) electrons. The van der Waals surface area contributed by atoms with E-state index in [4.69, 9.17) is 17.3 Å². The minimum atomic E-state index is -0.470. The number of primary amides is 1. The van der Waals surface area contributed by atoms with Crippen molar-refractivity contribution in [3.8, 4) is 6.07 Å². The third kappa shape index (κ3) is 4.00. The molecule has 1 saturated heterocycles. The molecular weight excluding hydrogens is 298 g/mol. The van der Waals surface area contributed by atoms with Crippen molar-refractivity contribution in [2.75, 3.05) is 19.6 Å². The van der Waals surface area contributed by atoms with E-state index in [1.54, 1.807) is 0 Å². The summed E-state index contributed by atoms with van der Waals surface area (Å²) >= 11 is 6.29. The highest BCUT2D eigenvalue weighted by Gasteiger charge is 2.37. The minimum absolute atomic E-state index is 0.235. The van der Waals surface area contributed by atoms with Gasteiger partial charge in [-0.05, 0) is 56.9 Å². The zero-order valence-corrected chi connectivity index (χ0v) is 13.5. The molecule has 0 aromatic heterocycles. The van der Waals surface area contributed by atoms with E-state index in [1.807, 2.05) is 24.3 Å². The third-order valence-corrected chi connectivity index (χ3v) is 4.79. The van der Waals surface area contributed by atoms with Gasteiger partial charge < -0.3 is 10.6 Å². The lowest BCUT2D eigenvalue weighted by Crippen LogP contribution is -2.42. The maximum atomic E-state index is 10.7. The van der Waals surface area contributed by atoms with E-state index >= 15 is 0 Å². The van der Waals surface area contributed by atoms with Gasteiger partial charge in [-0.2, -0.15) is 5.26 Å². The number of likely N-dealkylation sites (tertiary alicyclic amines) is 1. The molecule has 1 aromatic rings. The predicted molar refractivity (Wildman–Crippen MR) is 87.5 cm³/mol. The Morgan fingerprint density at radius 1 is 1.32 bits per heavy atom. The summed E-state index contributed by atoms with van der Waals surface area (Å²) in [5, 5.41) is 10.4. The number of nitriles is 1. The molecule has 1 aliphatic heterocycles. The zero-order valence-electron chi connectivity index (χ0n) is 12.7. The Morgan fingerprint density at radius 2 is 2.00 bits per heavy atom. The Bertz CT molecular complexity index is 559. The van der Waals surface area contributed by atoms with Gasteiger partial charge in [0.15, 0.2) is 0 Å². The number of carbonyl (C=O) groups is 1. The van der Waals surface area contributed by atoms with Gasteiger partial charge in [0.05, 0.1) is 11.5 Å². The normalized spacial score (nSPS) is 17.8. The molecule has 0 unspecified atom stereocenters. The molecule has 0 aliphatic carbocycles. The number of carbonyl (C=O) groups excluding carboxylic acids is 1. The molecule has 0 spiro atoms. The van der Waals surface area contributed by atoms with Gasteiger partial charge >= 0.3 is 0 Å². The largest absolute Gasteiger partial charge is 0.370 e. The third-order valence-electron chi connectivity index (χ3n) is 4.46. The second-order valence-electron chi connectivity index (χ2n) is 5.94. The van der Waals surface area contributed by atoms with Crippen LogP contribution in [0.3, 0.4) is 0 Å². The number of hydrogen-bond acceptors (Lipinski definition) is 3. The van der Waals surface area contributed by atoms with E-state index in [2.05, 4.69) is 11.0 Å². The summed E-state index contributed by atoms with van der Waals surface area (Å²) < 4.78 is 0. The molecule has 0 bridgehead atoms. The van der Waals surface area contributed by atoms with Crippen LogP contribution in [-0.2, 0) is 10.2 Å². The molecule has 118 valence electrons. The lowest BCUT2D eigenvalue weighted by molar-refractivity contribution is -0.118. The number of benzene rings is 1. The van der Waals surface area contributed by atoms with Crippen LogP contribution in [0.4, 0.5) is 0 Å². The molecule has 1 fully saturated rings. The fourth-order valence-corrected chi connectivity index (χ4v) is 3.40. The van der Waals surface area contributed by atoms with Gasteiger partial charge in [-0.3, -0.25) is 4.79 Å². The van der Waals surface area contributed by atoms with Gasteiger partial charge in [0.1, 0.15) is 0 Å². The lowest BCUT2D eigenvalue weighted by atomic mass is 9.74. The van der Waals surface area contributed by atoms with E-state index in [9.17, 15) is 10.1 Å². The van der Waals surface area contributed by atoms with Crippen LogP contribution in [0.5, 0.6) is 0 Å². The maximum absolute atomic E-state index is 10.7. The lowest BCUT2D eigenvalue weighted by Gasteiger charge is -2.38. The molecule has 1 aliphatic rings. The second-order valence-corrected chi connectivity index (χ2v) is 6.35. The molecule has 5 heteroatoms. The molecule has 4 nitrogen and oxygen atoms in total. The van der Waals surface area contributed by atoms with Crippen molar-refractivity contribution in [1.29, 1.82) is 5.26 Å². The van der Waals surface area contributed by atoms with Crippen LogP contribution < -0.4 is 5.73 Å². The summed E-state index contributed by atoms with van der Waals surface area (Å²) in [4.78, 5) is 13.1. The van der Waals surface area contributed by atoms with Crippen molar-refractivity contribution < 1.29 is 4.79 Å². The first kappa shape index (κ1) is 16.8. The van der Waals surface area contributed by atoms with Gasteiger partial charge in [-0.1, -0.05) is 29.8 Å². The molecule has 0 atom stereocenters. The second kappa shape index (κ2) is 7.62. The number of nitrogens with zero attached hydrogens (tertiary/aromatic N) is 2. The molecule has 1 aromatic carbocycles. The molecule has 0 saturated carbocycles. The Morgan fingerprint density at radius 3 is 2.59 bits per heavy atom. The van der Waals surface area contributed by atoms with E-state index in [0.29, 0.717) is 11.4 Å². The zero-order chi connectivity index (χ0) is 16.0. The van der Waals surface area contributed by atoms with Gasteiger partial charge in [0.25, 0.3) is 0 Å². The van der Waals surface area contributed by atoms with Gasteiger partial charge in [-0.25, -0.2) is 0 Å². The van der Waals surface area contributed by atoms with Crippen molar-refractivity contribution in [3.05, 3.63) is 34.9 Å². The van der Waals surface area contributed by atoms with Crippen molar-refractivity contribution >= 4 is 17.5 Å². The van der Waals surface area contributed by atoms with Gasteiger partial charge in [-0.15, -0.1) is 0 Å². The van der Waals surface area contributed by atoms with Crippen LogP contribution in [0.2, 0.25) is 5.02 Å². The SMILES string of the molecule is N#CC1(c2ccccc2Cl)CCN(CCCCC(N)=O)CC1. The smallest absolute Gasteiger partial charge is 0.217 e. The Kier molecular flexibility index (Phi) is 5.82. The van der Waals surface area contributed by atoms with E-state index in [-0.39, 0.29) is 5.91 Å². The number of amides is 1. The fourth-order valence-electron chi connectivity index (χ4n) is 3.08. The Balaban J connectivity index is 1.91. The van der Waals surface area contributed by atoms with Crippen LogP contribution in [0.1, 0.15) is 37.7 Å². The summed E-state index contributed by atoms with van der Waals surface area (Å²) in [6.07, 6.45) is 3.84. The van der Waals surface area contributed by atoms with Crippen LogP contribution in [0.15, 0.2) is 24.3 Å². The van der Waals surface area contributed by atoms with Crippen LogP contribution in [0, 0.1) is 11.3 Å². The van der Waals surface area contributed by atoms with Gasteiger partial charge in [0, 0.05) is 11.4 Å². The highest BCUT2D eigenvalue weighted by molar-refractivity contribution is 6.31. The van der Waals surface area contributed by atoms with Crippen molar-refractivity contribution in [2.45, 2.75) is 37.5 Å². The predicted octanol–water partition coefficient (Wildman–Crippen LogP) is 2.85. The number of halogens is 1. The number of nitrogens with two attached hydrogens (primary N) is 1. The van der Waals surface area contributed by atoms with E-state index in [0.717, 1.165) is 50.9 Å². The van der Waals surface area contributed by atoms with Crippen LogP contribution >= 0.6 is 11.6 Å². The maximum Gasteiger partial charge on any atom is 0.217 e. The highest BCUT2D eigenvalue weighted by atomic mass is 35.5. The van der Waals surface area contributed by atoms with Crippen molar-refractivity contribution in [1.82, 2.24) is 4.90 Å². The summed E-state index contributed by atoms with van der Waals surface area (Å²) in [5.41, 5.74) is 5.62. The monoisotopic (exact) mass is 319 g/mol. The average Bonchev–Trinajstić information content (AvgIpc) is 2.53. The fraction of sp³-hybridized carbons (Fsp3) is 0.529. The summed E-state index contributed by atoms with van der Waals surface area (Å²) in [7, 11) is 0. The summed E-state index contributed by atoms with van der Waals surface area (Å²) in [6, 6.07) is 10.2. The van der Waals surface area contributed by atoms with Crippen LogP contribution in [0.25, 0.3) is 0 Å². The first-order valence-electron chi connectivity index (χ1n) is 7.74. The van der Waals surface area contributed by atoms with E-state index in [1.165, 1.54) is 0 Å². The quantitative estimate of drug-likeness (QED) is 0.820. The topological polar surface area (TPSA) is 70.1 Å². The first-order valence-corrected chi connectivity index (χ1v) is 8.12. The first-order chi connectivity index (χ1) is 10.6. The Labute approximate surface area is 136 Å². The van der Waals surface area contributed by atoms with E-state index < -0.39 is 5.41 Å². The summed E-state index contributed by atoms with van der Waals surface area (Å²) in [6.45, 7) is 2.72. The van der Waals surface area contributed by atoms with Crippen molar-refractivity contribution in [3.63, 3.8) is 0 Å². The average molecular weight is 320 g/mol. The molecule has 22 heavy (non-hydrogen) atoms. The van der Waals surface area contributed by atoms with Crippen molar-refractivity contribution in [2.24, 2.45) is 5.73 Å². The summed E-state index contributed by atoms with van der Waals surface area (Å²) in [5.74, 6) is -0.235. The number of unbranched alkanes of at least 4 members (excludes halogenated alkanes) is 1. The van der Waals surface area contributed by atoms with Crippen LogP contribution in [-0.4, -0.2) is 30.4 Å². The molecular formula is C17H22ClN3O. The Hall–Kier alpha value is -1.57. The number of hydrogen-bond donors (Lipinski definition) is 1.